The van der Waals surface area contributed by atoms with E-state index in [-0.39, 0.29) is 18.2 Å². The lowest BCUT2D eigenvalue weighted by Gasteiger charge is -2.33. The molecule has 130 valence electrons. The van der Waals surface area contributed by atoms with E-state index in [1.54, 1.807) is 14.0 Å². The molecule has 1 aromatic rings. The van der Waals surface area contributed by atoms with Gasteiger partial charge in [-0.1, -0.05) is 6.07 Å². The summed E-state index contributed by atoms with van der Waals surface area (Å²) in [6.45, 7) is 3.96. The molecule has 0 saturated carbocycles. The van der Waals surface area contributed by atoms with Crippen molar-refractivity contribution < 1.29 is 19.1 Å². The van der Waals surface area contributed by atoms with Crippen LogP contribution in [-0.2, 0) is 14.3 Å². The zero-order valence-electron chi connectivity index (χ0n) is 13.9. The number of likely N-dealkylation sites (tertiary alicyclic amines) is 1. The summed E-state index contributed by atoms with van der Waals surface area (Å²) in [5.41, 5.74) is 3.63. The van der Waals surface area contributed by atoms with Crippen molar-refractivity contribution in [2.45, 2.75) is 13.3 Å². The lowest BCUT2D eigenvalue weighted by atomic mass is 9.87. The molecule has 1 saturated heterocycles. The van der Waals surface area contributed by atoms with Crippen molar-refractivity contribution in [2.24, 2.45) is 5.92 Å². The van der Waals surface area contributed by atoms with Crippen LogP contribution in [0.1, 0.15) is 24.5 Å². The minimum absolute atomic E-state index is 0. The summed E-state index contributed by atoms with van der Waals surface area (Å²) in [6.07, 6.45) is 2.54. The monoisotopic (exact) mass is 351 g/mol. The van der Waals surface area contributed by atoms with Gasteiger partial charge in [-0.05, 0) is 41.8 Å². The average Bonchev–Trinajstić information content (AvgIpc) is 2.53. The average molecular weight is 352 g/mol. The summed E-state index contributed by atoms with van der Waals surface area (Å²) in [5.74, 6) is -0.188. The van der Waals surface area contributed by atoms with Gasteiger partial charge in [-0.25, -0.2) is 0 Å². The number of Topliss-reactive ketones (excluding diaryl/α,β-unsaturated/α-hetero) is 1. The second-order valence-corrected chi connectivity index (χ2v) is 5.88. The lowest BCUT2D eigenvalue weighted by Crippen LogP contribution is -2.45. The van der Waals surface area contributed by atoms with E-state index in [4.69, 9.17) is 9.47 Å². The lowest BCUT2D eigenvalue weighted by molar-refractivity contribution is -0.153. The highest BCUT2D eigenvalue weighted by Crippen LogP contribution is 2.35. The number of rotatable bonds is 5. The van der Waals surface area contributed by atoms with Crippen LogP contribution in [0.3, 0.4) is 0 Å². The van der Waals surface area contributed by atoms with Crippen LogP contribution >= 0.6 is 12.4 Å². The molecule has 0 N–H and O–H groups in total. The first-order valence-electron chi connectivity index (χ1n) is 7.93. The molecule has 1 aliphatic heterocycles. The Morgan fingerprint density at radius 1 is 1.38 bits per heavy atom. The first-order valence-corrected chi connectivity index (χ1v) is 7.93. The molecular formula is C18H22ClNO4. The second kappa shape index (κ2) is 7.81. The van der Waals surface area contributed by atoms with Crippen LogP contribution in [0.4, 0.5) is 0 Å². The Hall–Kier alpha value is -1.85. The fraction of sp³-hybridized carbons (Fsp3) is 0.444. The van der Waals surface area contributed by atoms with Crippen LogP contribution in [0.25, 0.3) is 11.6 Å². The molecule has 1 heterocycles. The van der Waals surface area contributed by atoms with Crippen molar-refractivity contribution in [3.8, 4) is 5.75 Å². The van der Waals surface area contributed by atoms with E-state index in [1.807, 2.05) is 12.1 Å². The zero-order chi connectivity index (χ0) is 16.4. The summed E-state index contributed by atoms with van der Waals surface area (Å²) < 4.78 is 10.2. The summed E-state index contributed by atoms with van der Waals surface area (Å²) in [7, 11) is 1.66. The number of ketones is 1. The summed E-state index contributed by atoms with van der Waals surface area (Å²) >= 11 is 0. The highest BCUT2D eigenvalue weighted by atomic mass is 35.5. The van der Waals surface area contributed by atoms with Gasteiger partial charge in [0.05, 0.1) is 13.7 Å². The molecule has 0 spiro atoms. The topological polar surface area (TPSA) is 55.8 Å². The third-order valence-electron chi connectivity index (χ3n) is 4.40. The Balaban J connectivity index is 0.00000208. The van der Waals surface area contributed by atoms with Crippen molar-refractivity contribution in [3.05, 3.63) is 29.3 Å². The van der Waals surface area contributed by atoms with Gasteiger partial charge in [0.2, 0.25) is 0 Å². The number of carbonyl (C=O) groups is 2. The number of hydrogen-bond acceptors (Lipinski definition) is 5. The third kappa shape index (κ3) is 3.62. The van der Waals surface area contributed by atoms with Crippen molar-refractivity contribution in [1.82, 2.24) is 4.90 Å². The van der Waals surface area contributed by atoms with E-state index < -0.39 is 11.9 Å². The van der Waals surface area contributed by atoms with Gasteiger partial charge in [-0.15, -0.1) is 12.4 Å². The van der Waals surface area contributed by atoms with E-state index in [1.165, 1.54) is 16.7 Å². The van der Waals surface area contributed by atoms with Gasteiger partial charge in [-0.2, -0.15) is 0 Å². The number of hydrogen-bond donors (Lipinski definition) is 0. The molecule has 1 fully saturated rings. The van der Waals surface area contributed by atoms with Crippen LogP contribution in [0, 0.1) is 5.92 Å². The number of benzene rings is 1. The van der Waals surface area contributed by atoms with Gasteiger partial charge in [-0.3, -0.25) is 14.5 Å². The molecule has 1 aromatic carbocycles. The highest BCUT2D eigenvalue weighted by Gasteiger charge is 2.34. The van der Waals surface area contributed by atoms with Crippen LogP contribution in [0.15, 0.2) is 18.2 Å². The molecule has 6 heteroatoms. The van der Waals surface area contributed by atoms with E-state index >= 15 is 0 Å². The molecule has 5 nitrogen and oxygen atoms in total. The first kappa shape index (κ1) is 18.5. The minimum atomic E-state index is -0.639. The minimum Gasteiger partial charge on any atom is -0.497 e. The van der Waals surface area contributed by atoms with Gasteiger partial charge < -0.3 is 9.47 Å². The summed E-state index contributed by atoms with van der Waals surface area (Å²) in [5, 5.41) is 0. The van der Waals surface area contributed by atoms with Crippen LogP contribution < -0.4 is 4.74 Å². The molecule has 1 unspecified atom stereocenters. The smallest absolute Gasteiger partial charge is 0.317 e. The first-order chi connectivity index (χ1) is 11.1. The molecular weight excluding hydrogens is 330 g/mol. The van der Waals surface area contributed by atoms with Gasteiger partial charge in [0.15, 0.2) is 0 Å². The highest BCUT2D eigenvalue weighted by molar-refractivity contribution is 6.00. The van der Waals surface area contributed by atoms with Gasteiger partial charge >= 0.3 is 5.97 Å². The van der Waals surface area contributed by atoms with E-state index in [2.05, 4.69) is 17.0 Å². The molecule has 1 aliphatic carbocycles. The van der Waals surface area contributed by atoms with Crippen molar-refractivity contribution in [1.29, 1.82) is 0 Å². The van der Waals surface area contributed by atoms with E-state index in [0.29, 0.717) is 26.1 Å². The Bertz CT molecular complexity index is 671. The number of piperidine rings is 1. The van der Waals surface area contributed by atoms with E-state index in [9.17, 15) is 9.59 Å². The van der Waals surface area contributed by atoms with Crippen LogP contribution in [0.2, 0.25) is 0 Å². The molecule has 2 aliphatic rings. The van der Waals surface area contributed by atoms with Crippen molar-refractivity contribution >= 4 is 35.8 Å². The predicted molar refractivity (Wildman–Crippen MR) is 94.3 cm³/mol. The number of carbonyl (C=O) groups excluding carboxylic acids is 2. The summed E-state index contributed by atoms with van der Waals surface area (Å²) in [4.78, 5) is 26.0. The maximum Gasteiger partial charge on any atom is 0.317 e. The molecule has 24 heavy (non-hydrogen) atoms. The van der Waals surface area contributed by atoms with Gasteiger partial charge in [0.25, 0.3) is 0 Å². The number of esters is 1. The molecule has 1 atom stereocenters. The fourth-order valence-corrected chi connectivity index (χ4v) is 3.13. The molecule has 0 amide bonds. The Morgan fingerprint density at radius 3 is 2.83 bits per heavy atom. The Kier molecular flexibility index (Phi) is 6.02. The Morgan fingerprint density at radius 2 is 2.17 bits per heavy atom. The number of nitrogens with zero attached hydrogens (tertiary/aromatic N) is 1. The summed E-state index contributed by atoms with van der Waals surface area (Å²) in [6, 6.07) is 6.02. The molecule has 0 bridgehead atoms. The SMILES string of the molecule is CCOC(=O)C1CN(CC2=Cc3cc(OC)ccc32)CCC1=O.Cl. The number of ether oxygens (including phenoxy) is 2. The molecule has 0 radical (unpaired) electrons. The van der Waals surface area contributed by atoms with Crippen molar-refractivity contribution in [2.75, 3.05) is 33.4 Å². The number of methoxy groups -OCH3 is 1. The maximum atomic E-state index is 11.9. The largest absolute Gasteiger partial charge is 0.497 e. The maximum absolute atomic E-state index is 11.9. The Labute approximate surface area is 148 Å². The number of fused-ring (bicyclic) bond motifs is 1. The van der Waals surface area contributed by atoms with Gasteiger partial charge in [0, 0.05) is 26.1 Å². The normalized spacial score (nSPS) is 19.5. The number of halogens is 1. The van der Waals surface area contributed by atoms with Gasteiger partial charge in [0.1, 0.15) is 17.5 Å². The molecule has 3 rings (SSSR count). The fourth-order valence-electron chi connectivity index (χ4n) is 3.13. The quantitative estimate of drug-likeness (QED) is 0.602. The molecule has 0 aromatic heterocycles. The predicted octanol–water partition coefficient (Wildman–Crippen LogP) is 2.43. The standard InChI is InChI=1S/C18H21NO4.ClH/c1-3-23-18(21)16-11-19(7-6-17(16)20)10-13-8-12-9-14(22-2)4-5-15(12)13;/h4-5,8-9,16H,3,6-7,10-11H2,1-2H3;1H. The zero-order valence-corrected chi connectivity index (χ0v) is 14.7. The van der Waals surface area contributed by atoms with E-state index in [0.717, 1.165) is 12.3 Å². The van der Waals surface area contributed by atoms with Crippen LogP contribution in [0.5, 0.6) is 5.75 Å². The third-order valence-corrected chi connectivity index (χ3v) is 4.40. The van der Waals surface area contributed by atoms with Crippen molar-refractivity contribution in [3.63, 3.8) is 0 Å². The van der Waals surface area contributed by atoms with Crippen LogP contribution in [-0.4, -0.2) is 50.0 Å². The second-order valence-electron chi connectivity index (χ2n) is 5.88.